The fourth-order valence-electron chi connectivity index (χ4n) is 3.24. The monoisotopic (exact) mass is 504 g/mol. The number of nitriles is 1. The lowest BCUT2D eigenvalue weighted by Gasteiger charge is -2.16. The number of hydrogen-bond donors (Lipinski definition) is 4. The summed E-state index contributed by atoms with van der Waals surface area (Å²) in [5.74, 6) is 0.330. The first-order chi connectivity index (χ1) is 17.1. The van der Waals surface area contributed by atoms with Gasteiger partial charge in [0.15, 0.2) is 5.75 Å². The van der Waals surface area contributed by atoms with Crippen LogP contribution < -0.4 is 20.1 Å². The van der Waals surface area contributed by atoms with Crippen LogP contribution in [0.1, 0.15) is 11.3 Å². The van der Waals surface area contributed by atoms with Crippen LogP contribution in [0.15, 0.2) is 77.2 Å². The quantitative estimate of drug-likeness (QED) is 0.225. The summed E-state index contributed by atoms with van der Waals surface area (Å²) in [6.45, 7) is 0. The van der Waals surface area contributed by atoms with Crippen LogP contribution in [0.25, 0.3) is 17.0 Å². The number of thioether (sulfide) groups is 1. The standard InChI is InChI=1S/C25H21FN6OS2/c1-29-21(10-11-27)24-23(9-7-20(31-24)18-4-2-3-5-19(18)26)33-22-8-6-17(14-16(22)15-28)35-32-25-30-12-13-34-25/h2-14,25,27,29-30,32H,1H3/b21-10-,27-11?. The highest BCUT2D eigenvalue weighted by atomic mass is 32.2. The second-order valence-corrected chi connectivity index (χ2v) is 9.02. The largest absolute Gasteiger partial charge is 0.454 e. The lowest BCUT2D eigenvalue weighted by molar-refractivity contribution is 0.476. The molecule has 0 saturated carbocycles. The van der Waals surface area contributed by atoms with Crippen LogP contribution >= 0.6 is 23.7 Å². The van der Waals surface area contributed by atoms with Crippen molar-refractivity contribution in [3.63, 3.8) is 0 Å². The maximum absolute atomic E-state index is 14.4. The average Bonchev–Trinajstić information content (AvgIpc) is 3.41. The summed E-state index contributed by atoms with van der Waals surface area (Å²) in [6, 6.07) is 17.2. The van der Waals surface area contributed by atoms with E-state index in [0.29, 0.717) is 39.7 Å². The Labute approximate surface area is 211 Å². The zero-order valence-corrected chi connectivity index (χ0v) is 20.2. The molecule has 1 aliphatic heterocycles. The molecule has 0 radical (unpaired) electrons. The Morgan fingerprint density at radius 3 is 2.80 bits per heavy atom. The molecule has 0 fully saturated rings. The lowest BCUT2D eigenvalue weighted by Crippen LogP contribution is -2.28. The molecule has 0 saturated heterocycles. The van der Waals surface area contributed by atoms with Gasteiger partial charge in [0.25, 0.3) is 0 Å². The molecule has 176 valence electrons. The predicted octanol–water partition coefficient (Wildman–Crippen LogP) is 5.45. The lowest BCUT2D eigenvalue weighted by atomic mass is 10.1. The zero-order valence-electron chi connectivity index (χ0n) is 18.6. The van der Waals surface area contributed by atoms with E-state index in [1.54, 1.807) is 61.3 Å². The number of ether oxygens (including phenoxy) is 1. The molecule has 1 aromatic heterocycles. The van der Waals surface area contributed by atoms with Gasteiger partial charge in [-0.15, -0.1) is 0 Å². The second-order valence-electron chi connectivity index (χ2n) is 7.10. The van der Waals surface area contributed by atoms with Gasteiger partial charge in [0.05, 0.1) is 17.0 Å². The van der Waals surface area contributed by atoms with Gasteiger partial charge >= 0.3 is 0 Å². The van der Waals surface area contributed by atoms with E-state index in [4.69, 9.17) is 10.1 Å². The molecule has 4 rings (SSSR count). The first kappa shape index (κ1) is 24.3. The molecule has 0 amide bonds. The molecule has 35 heavy (non-hydrogen) atoms. The van der Waals surface area contributed by atoms with Crippen molar-refractivity contribution in [2.24, 2.45) is 0 Å². The van der Waals surface area contributed by atoms with E-state index in [2.05, 4.69) is 26.4 Å². The van der Waals surface area contributed by atoms with Gasteiger partial charge in [-0.3, -0.25) is 0 Å². The number of nitrogens with zero attached hydrogens (tertiary/aromatic N) is 2. The van der Waals surface area contributed by atoms with Crippen molar-refractivity contribution < 1.29 is 9.13 Å². The number of halogens is 1. The van der Waals surface area contributed by atoms with Gasteiger partial charge in [-0.2, -0.15) is 5.26 Å². The van der Waals surface area contributed by atoms with Gasteiger partial charge in [-0.05, 0) is 65.9 Å². The summed E-state index contributed by atoms with van der Waals surface area (Å²) in [6.07, 6.45) is 4.52. The maximum Gasteiger partial charge on any atom is 0.155 e. The summed E-state index contributed by atoms with van der Waals surface area (Å²) in [5, 5.41) is 25.3. The van der Waals surface area contributed by atoms with Crippen LogP contribution in [0.3, 0.4) is 0 Å². The van der Waals surface area contributed by atoms with Gasteiger partial charge < -0.3 is 20.8 Å². The van der Waals surface area contributed by atoms with Crippen LogP contribution in [0, 0.1) is 22.6 Å². The van der Waals surface area contributed by atoms with Crippen LogP contribution in [-0.4, -0.2) is 23.7 Å². The van der Waals surface area contributed by atoms with Gasteiger partial charge in [0, 0.05) is 29.9 Å². The number of aromatic nitrogens is 1. The van der Waals surface area contributed by atoms with Crippen molar-refractivity contribution in [1.82, 2.24) is 20.3 Å². The highest BCUT2D eigenvalue weighted by molar-refractivity contribution is 8.04. The van der Waals surface area contributed by atoms with Crippen molar-refractivity contribution >= 4 is 35.6 Å². The fourth-order valence-corrected chi connectivity index (χ4v) is 4.70. The Bertz CT molecular complexity index is 1330. The molecule has 0 spiro atoms. The van der Waals surface area contributed by atoms with Crippen LogP contribution in [-0.2, 0) is 0 Å². The summed E-state index contributed by atoms with van der Waals surface area (Å²) in [5.41, 5.74) is 2.08. The minimum atomic E-state index is -0.392. The number of nitrogens with one attached hydrogen (secondary N) is 4. The summed E-state index contributed by atoms with van der Waals surface area (Å²) in [4.78, 5) is 5.48. The molecule has 7 nitrogen and oxygen atoms in total. The third kappa shape index (κ3) is 5.84. The van der Waals surface area contributed by atoms with Crippen molar-refractivity contribution in [1.29, 1.82) is 10.7 Å². The van der Waals surface area contributed by atoms with Gasteiger partial charge in [0.1, 0.15) is 28.8 Å². The second kappa shape index (κ2) is 11.6. The van der Waals surface area contributed by atoms with E-state index in [-0.39, 0.29) is 5.50 Å². The van der Waals surface area contributed by atoms with E-state index in [0.717, 1.165) is 11.1 Å². The van der Waals surface area contributed by atoms with Crippen molar-refractivity contribution in [2.45, 2.75) is 10.4 Å². The first-order valence-electron chi connectivity index (χ1n) is 10.5. The molecule has 1 aliphatic rings. The smallest absolute Gasteiger partial charge is 0.155 e. The van der Waals surface area contributed by atoms with Crippen LogP contribution in [0.2, 0.25) is 0 Å². The third-order valence-electron chi connectivity index (χ3n) is 4.89. The zero-order chi connectivity index (χ0) is 24.6. The van der Waals surface area contributed by atoms with E-state index in [9.17, 15) is 9.65 Å². The molecule has 0 aliphatic carbocycles. The molecule has 2 aromatic carbocycles. The maximum atomic E-state index is 14.4. The Hall–Kier alpha value is -3.78. The predicted molar refractivity (Wildman–Crippen MR) is 139 cm³/mol. The topological polar surface area (TPSA) is 106 Å². The first-order valence-corrected chi connectivity index (χ1v) is 12.2. The number of hydrogen-bond acceptors (Lipinski definition) is 9. The van der Waals surface area contributed by atoms with Gasteiger partial charge in [0.2, 0.25) is 0 Å². The normalized spacial score (nSPS) is 14.8. The van der Waals surface area contributed by atoms with E-state index in [1.165, 1.54) is 24.1 Å². The molecule has 10 heteroatoms. The van der Waals surface area contributed by atoms with Gasteiger partial charge in [-0.1, -0.05) is 23.9 Å². The Balaban J connectivity index is 1.66. The summed E-state index contributed by atoms with van der Waals surface area (Å²) >= 11 is 3.03. The molecule has 2 heterocycles. The number of benzene rings is 2. The SMILES string of the molecule is CN/C(=C\C=N)c1nc(-c2ccccc2F)ccc1Oc1ccc(SNC2NC=CS2)cc1C#N. The van der Waals surface area contributed by atoms with E-state index < -0.39 is 5.82 Å². The number of allylic oxidation sites excluding steroid dienone is 1. The Kier molecular flexibility index (Phi) is 8.05. The average molecular weight is 505 g/mol. The van der Waals surface area contributed by atoms with Crippen molar-refractivity contribution in [3.8, 4) is 28.8 Å². The molecule has 0 bridgehead atoms. The summed E-state index contributed by atoms with van der Waals surface area (Å²) < 4.78 is 23.8. The molecule has 1 atom stereocenters. The fraction of sp³-hybridized carbons (Fsp3) is 0.0800. The highest BCUT2D eigenvalue weighted by Crippen LogP contribution is 2.34. The Morgan fingerprint density at radius 1 is 1.26 bits per heavy atom. The minimum absolute atomic E-state index is 0.0589. The molecule has 4 N–H and O–H groups in total. The molecular weight excluding hydrogens is 483 g/mol. The minimum Gasteiger partial charge on any atom is -0.454 e. The van der Waals surface area contributed by atoms with E-state index in [1.807, 2.05) is 17.7 Å². The molecule has 1 unspecified atom stereocenters. The van der Waals surface area contributed by atoms with Crippen LogP contribution in [0.4, 0.5) is 4.39 Å². The molecule has 3 aromatic rings. The Morgan fingerprint density at radius 2 is 2.09 bits per heavy atom. The molecular formula is C25H21FN6OS2. The van der Waals surface area contributed by atoms with Crippen molar-refractivity contribution in [3.05, 3.63) is 89.4 Å². The highest BCUT2D eigenvalue weighted by Gasteiger charge is 2.17. The number of rotatable bonds is 9. The summed E-state index contributed by atoms with van der Waals surface area (Å²) in [7, 11) is 1.70. The van der Waals surface area contributed by atoms with Crippen molar-refractivity contribution in [2.75, 3.05) is 7.05 Å². The van der Waals surface area contributed by atoms with Gasteiger partial charge in [-0.25, -0.2) is 14.1 Å². The van der Waals surface area contributed by atoms with E-state index >= 15 is 0 Å². The van der Waals surface area contributed by atoms with Crippen LogP contribution in [0.5, 0.6) is 11.5 Å². The number of pyridine rings is 1. The third-order valence-corrected chi connectivity index (χ3v) is 6.70.